The fourth-order valence-electron chi connectivity index (χ4n) is 2.61. The summed E-state index contributed by atoms with van der Waals surface area (Å²) in [6.07, 6.45) is -6.48. The normalized spacial score (nSPS) is 26.9. The Morgan fingerprint density at radius 1 is 0.690 bits per heavy atom. The second-order valence-electron chi connectivity index (χ2n) is 7.89. The van der Waals surface area contributed by atoms with E-state index in [-0.39, 0.29) is 6.61 Å². The summed E-state index contributed by atoms with van der Waals surface area (Å²) in [4.78, 5) is 46.4. The molecule has 1 rings (SSSR count). The smallest absolute Gasteiger partial charge is 0.305 e. The van der Waals surface area contributed by atoms with Crippen molar-refractivity contribution in [2.45, 2.75) is 84.3 Å². The average Bonchev–Trinajstić information content (AvgIpc) is 2.51. The number of hydrogen-bond donors (Lipinski definition) is 0. The molecule has 0 aromatic carbocycles. The molecular formula is C18H30O10Si. The minimum absolute atomic E-state index is 0.288. The average molecular weight is 435 g/mol. The predicted octanol–water partition coefficient (Wildman–Crippen LogP) is 1.38. The van der Waals surface area contributed by atoms with E-state index in [0.29, 0.717) is 0 Å². The Balaban J connectivity index is 3.23. The molecule has 0 unspecified atom stereocenters. The van der Waals surface area contributed by atoms with Crippen LogP contribution in [0.15, 0.2) is 0 Å². The van der Waals surface area contributed by atoms with Gasteiger partial charge in [-0.15, -0.1) is 0 Å². The van der Waals surface area contributed by atoms with Crippen LogP contribution in [-0.2, 0) is 47.6 Å². The Bertz CT molecular complexity index is 614. The SMILES string of the molecule is CC(=O)O[C@H]1O[C@@H](OCC[Si](C)(C)C)[C@H](OC(C)=O)[C@@H](OC(C)=O)[C@@H]1OC(C)=O. The zero-order valence-electron chi connectivity index (χ0n) is 17.9. The first-order valence-electron chi connectivity index (χ1n) is 9.26. The van der Waals surface area contributed by atoms with E-state index in [2.05, 4.69) is 19.6 Å². The molecule has 11 heteroatoms. The highest BCUT2D eigenvalue weighted by Gasteiger charge is 2.54. The summed E-state index contributed by atoms with van der Waals surface area (Å²) in [5.41, 5.74) is 0. The third kappa shape index (κ3) is 8.92. The fraction of sp³-hybridized carbons (Fsp3) is 0.778. The Kier molecular flexibility index (Phi) is 9.24. The van der Waals surface area contributed by atoms with Gasteiger partial charge in [0.15, 0.2) is 12.2 Å². The van der Waals surface area contributed by atoms with Crippen LogP contribution in [0.25, 0.3) is 0 Å². The van der Waals surface area contributed by atoms with Gasteiger partial charge in [-0.2, -0.15) is 0 Å². The first-order valence-corrected chi connectivity index (χ1v) is 13.0. The Hall–Kier alpha value is -1.98. The zero-order valence-corrected chi connectivity index (χ0v) is 18.9. The molecule has 0 saturated carbocycles. The van der Waals surface area contributed by atoms with E-state index in [1.165, 1.54) is 6.92 Å². The maximum Gasteiger partial charge on any atom is 0.305 e. The van der Waals surface area contributed by atoms with Crippen molar-refractivity contribution in [3.05, 3.63) is 0 Å². The maximum atomic E-state index is 11.7. The van der Waals surface area contributed by atoms with Crippen LogP contribution >= 0.6 is 0 Å². The molecule has 10 nitrogen and oxygen atoms in total. The highest BCUT2D eigenvalue weighted by Crippen LogP contribution is 2.30. The van der Waals surface area contributed by atoms with Gasteiger partial charge in [-0.1, -0.05) is 19.6 Å². The van der Waals surface area contributed by atoms with Crippen LogP contribution in [0, 0.1) is 0 Å². The van der Waals surface area contributed by atoms with E-state index < -0.39 is 62.8 Å². The molecule has 0 aliphatic carbocycles. The Labute approximate surface area is 171 Å². The van der Waals surface area contributed by atoms with Gasteiger partial charge in [-0.05, 0) is 6.04 Å². The van der Waals surface area contributed by atoms with Crippen molar-refractivity contribution in [1.29, 1.82) is 0 Å². The van der Waals surface area contributed by atoms with Gasteiger partial charge in [0, 0.05) is 42.4 Å². The quantitative estimate of drug-likeness (QED) is 0.314. The third-order valence-corrected chi connectivity index (χ3v) is 5.48. The lowest BCUT2D eigenvalue weighted by Crippen LogP contribution is -2.62. The van der Waals surface area contributed by atoms with Crippen molar-refractivity contribution in [3.8, 4) is 0 Å². The predicted molar refractivity (Wildman–Crippen MR) is 101 cm³/mol. The molecule has 0 aromatic heterocycles. The van der Waals surface area contributed by atoms with Gasteiger partial charge < -0.3 is 28.4 Å². The summed E-state index contributed by atoms with van der Waals surface area (Å²) < 4.78 is 32.3. The second-order valence-corrected chi connectivity index (χ2v) is 13.5. The molecule has 0 aromatic rings. The number of carbonyl (C=O) groups excluding carboxylic acids is 4. The van der Waals surface area contributed by atoms with E-state index in [4.69, 9.17) is 28.4 Å². The summed E-state index contributed by atoms with van der Waals surface area (Å²) in [7, 11) is -1.45. The summed E-state index contributed by atoms with van der Waals surface area (Å²) in [6, 6.07) is 0.781. The lowest BCUT2D eigenvalue weighted by atomic mass is 10.0. The summed E-state index contributed by atoms with van der Waals surface area (Å²) in [5.74, 6) is -2.83. The molecule has 0 amide bonds. The summed E-state index contributed by atoms with van der Waals surface area (Å²) in [5, 5.41) is 0. The lowest BCUT2D eigenvalue weighted by Gasteiger charge is -2.43. The summed E-state index contributed by atoms with van der Waals surface area (Å²) in [6.45, 7) is 11.3. The maximum absolute atomic E-state index is 11.7. The van der Waals surface area contributed by atoms with E-state index in [9.17, 15) is 19.2 Å². The molecule has 1 saturated heterocycles. The van der Waals surface area contributed by atoms with Crippen molar-refractivity contribution in [3.63, 3.8) is 0 Å². The zero-order chi connectivity index (χ0) is 22.4. The molecule has 1 aliphatic heterocycles. The largest absolute Gasteiger partial charge is 0.454 e. The molecule has 166 valence electrons. The molecule has 0 radical (unpaired) electrons. The minimum atomic E-state index is -1.45. The standard InChI is InChI=1S/C18H30O10Si/c1-10(19)24-14-15(25-11(2)20)17(23-8-9-29(5,6)7)28-18(27-13(4)22)16(14)26-12(3)21/h14-18H,8-9H2,1-7H3/t14-,15-,16+,17-,18+/m1/s1. The van der Waals surface area contributed by atoms with Crippen molar-refractivity contribution < 1.29 is 47.6 Å². The topological polar surface area (TPSA) is 124 Å². The van der Waals surface area contributed by atoms with Gasteiger partial charge in [0.1, 0.15) is 0 Å². The second kappa shape index (κ2) is 10.7. The van der Waals surface area contributed by atoms with Crippen LogP contribution < -0.4 is 0 Å². The Morgan fingerprint density at radius 3 is 1.52 bits per heavy atom. The van der Waals surface area contributed by atoms with Gasteiger partial charge in [-0.25, -0.2) is 0 Å². The van der Waals surface area contributed by atoms with Gasteiger partial charge in [0.2, 0.25) is 18.7 Å². The molecule has 0 bridgehead atoms. The molecule has 0 N–H and O–H groups in total. The minimum Gasteiger partial charge on any atom is -0.454 e. The monoisotopic (exact) mass is 434 g/mol. The van der Waals surface area contributed by atoms with Crippen molar-refractivity contribution in [2.75, 3.05) is 6.61 Å². The van der Waals surface area contributed by atoms with Gasteiger partial charge >= 0.3 is 23.9 Å². The van der Waals surface area contributed by atoms with Crippen LogP contribution in [0.4, 0.5) is 0 Å². The third-order valence-electron chi connectivity index (χ3n) is 3.77. The van der Waals surface area contributed by atoms with E-state index >= 15 is 0 Å². The molecule has 1 aliphatic rings. The van der Waals surface area contributed by atoms with Crippen molar-refractivity contribution >= 4 is 32.0 Å². The van der Waals surface area contributed by atoms with Gasteiger partial charge in [0.25, 0.3) is 0 Å². The highest BCUT2D eigenvalue weighted by atomic mass is 28.3. The first kappa shape index (κ1) is 25.1. The molecule has 1 heterocycles. The highest BCUT2D eigenvalue weighted by molar-refractivity contribution is 6.76. The first-order chi connectivity index (χ1) is 13.3. The number of carbonyl (C=O) groups is 4. The fourth-order valence-corrected chi connectivity index (χ4v) is 3.34. The number of rotatable bonds is 8. The van der Waals surface area contributed by atoms with Gasteiger partial charge in [-0.3, -0.25) is 19.2 Å². The van der Waals surface area contributed by atoms with Gasteiger partial charge in [0.05, 0.1) is 0 Å². The summed E-state index contributed by atoms with van der Waals surface area (Å²) >= 11 is 0. The molecule has 1 fully saturated rings. The van der Waals surface area contributed by atoms with E-state index in [0.717, 1.165) is 26.8 Å². The van der Waals surface area contributed by atoms with E-state index in [1.807, 2.05) is 0 Å². The molecular weight excluding hydrogens is 404 g/mol. The van der Waals surface area contributed by atoms with Crippen LogP contribution in [0.2, 0.25) is 25.7 Å². The van der Waals surface area contributed by atoms with Crippen molar-refractivity contribution in [2.24, 2.45) is 0 Å². The lowest BCUT2D eigenvalue weighted by molar-refractivity contribution is -0.343. The van der Waals surface area contributed by atoms with E-state index in [1.54, 1.807) is 0 Å². The number of hydrogen-bond acceptors (Lipinski definition) is 10. The number of ether oxygens (including phenoxy) is 6. The van der Waals surface area contributed by atoms with Crippen LogP contribution in [0.1, 0.15) is 27.7 Å². The molecule has 0 spiro atoms. The molecule has 29 heavy (non-hydrogen) atoms. The molecule has 5 atom stereocenters. The van der Waals surface area contributed by atoms with Crippen molar-refractivity contribution in [1.82, 2.24) is 0 Å². The van der Waals surface area contributed by atoms with Crippen LogP contribution in [0.5, 0.6) is 0 Å². The van der Waals surface area contributed by atoms with Crippen LogP contribution in [0.3, 0.4) is 0 Å². The number of esters is 4. The Morgan fingerprint density at radius 2 is 1.10 bits per heavy atom. The van der Waals surface area contributed by atoms with Crippen LogP contribution in [-0.4, -0.2) is 69.4 Å².